The molecule has 6 aliphatic rings. The molecule has 700 valence electrons. The number of primary amides is 1. The van der Waals surface area contributed by atoms with Crippen molar-refractivity contribution in [3.63, 3.8) is 0 Å². The first kappa shape index (κ1) is 100. The molecule has 30 heteroatoms. The Balaban J connectivity index is 0.000000129. The molecule has 0 bridgehead atoms. The molecule has 6 saturated carbocycles. The monoisotopic (exact) mass is 2030 g/mol. The number of unbranched alkanes of at least 4 members (excludes halogenated alkanes) is 1. The molecule has 0 unspecified atom stereocenters. The van der Waals surface area contributed by atoms with Gasteiger partial charge in [0.1, 0.15) is 68.2 Å². The topological polar surface area (TPSA) is 364 Å². The number of nitrogens with one attached hydrogen (secondary N) is 1. The average molecular weight is 2030 g/mol. The molecule has 135 heavy (non-hydrogen) atoms. The molecule has 22 rings (SSSR count). The lowest BCUT2D eigenvalue weighted by Crippen LogP contribution is -2.38. The van der Waals surface area contributed by atoms with Gasteiger partial charge in [-0.25, -0.2) is 39.7 Å². The summed E-state index contributed by atoms with van der Waals surface area (Å²) in [5.41, 5.74) is 10.5. The molecule has 6 fully saturated rings. The smallest absolute Gasteiger partial charge is 0.329 e. The Morgan fingerprint density at radius 3 is 1.16 bits per heavy atom. The average Bonchev–Trinajstić information content (AvgIpc) is 1.63. The third kappa shape index (κ3) is 23.0. The number of aliphatic carboxylic acids is 2. The van der Waals surface area contributed by atoms with Crippen molar-refractivity contribution in [3.8, 4) is 18.2 Å². The maximum Gasteiger partial charge on any atom is 0.329 e. The molecule has 26 nitrogen and oxygen atoms in total. The number of benzene rings is 1. The van der Waals surface area contributed by atoms with Gasteiger partial charge in [-0.3, -0.25) is 19.2 Å². The van der Waals surface area contributed by atoms with Crippen LogP contribution in [-0.2, 0) is 63.8 Å². The Hall–Kier alpha value is -12.5. The van der Waals surface area contributed by atoms with E-state index in [2.05, 4.69) is 161 Å². The standard InChI is InChI=1S/C15H18N2O.C14H17N3O.C14H16N2O2.C14H14N2.C13H13ClN2O.C13H14N2O2.C9H7N3.C7H6N2.C4H8Br2.C2H2BrN/c1-2-13(18)15(8-3-4-9-15)17-11-7-12-6-5-10-16-14(12)17;15-12(18)10-14(6-1-2-7-14)17-9-5-11-4-3-8-16-13(11)17;17-12(18)10-14(6-1-2-7-14)16-9-5-11-4-3-8-15-13(11)16;15-11-14(8-3-4-9-14)16-10-7-12-5-1-2-6-13(12)16;14-12(17)13(6-1-2-7-13)16-9-5-10-4-3-8-15-11(10)16;16-12(17)13(6-1-2-7-13)15-9-5-10-4-3-8-14-11(10)15;10-4-7-12-6-3-8-2-1-5-11-9(8)12;1-2-6-3-5-9-7(6)8-4-1;5-3-1-2-4-6;3-1-2-4/h5-7,10-11H,2-4,8-9H2,1H3;3-5,8-9H,1-2,6-7,10H2,(H2,15,18);3-5,8-9H,1-2,6-7,10H2,(H,17,18);1-2,5-7,10H,3-4,8-9H2;3-5,8-9H,1-2,6-7H2;3-5,8-9H,1-2,6-7H2,(H,16,17);1-3,5-6H,7H2;1-5H,(H,8,9);1-4H2;1H2. The lowest BCUT2D eigenvalue weighted by molar-refractivity contribution is -0.147. The summed E-state index contributed by atoms with van der Waals surface area (Å²) >= 11 is 15.4. The summed E-state index contributed by atoms with van der Waals surface area (Å²) in [7, 11) is 0. The number of halogens is 4. The number of para-hydroxylation sites is 1. The summed E-state index contributed by atoms with van der Waals surface area (Å²) in [5, 5.41) is 55.6. The number of carbonyl (C=O) groups excluding carboxylic acids is 3. The SMILES string of the molecule is BrCCCCBr.CCC(=O)C1(n2ccc3cccnc32)CCCC1.N#CC1(n2ccc3ccccc32)CCCC1.N#CCBr.N#CCn1ccc2cccnc21.NC(=O)CC1(n2ccc3cccnc32)CCCC1.O=C(Cl)C1(n2ccc3cccnc32)CCCC1.O=C(O)C1(n2ccc3cccnc32)CCCC1.O=C(O)CC1(n2ccc3cccnc32)CCCC1.c1cnc2[nH]ccc2c1. The molecule has 0 spiro atoms. The van der Waals surface area contributed by atoms with E-state index >= 15 is 0 Å². The van der Waals surface area contributed by atoms with E-state index < -0.39 is 23.0 Å². The number of nitrogens with two attached hydrogens (primary N) is 1. The van der Waals surface area contributed by atoms with Crippen molar-refractivity contribution in [1.82, 2.24) is 71.8 Å². The van der Waals surface area contributed by atoms with E-state index in [0.29, 0.717) is 43.3 Å². The zero-order valence-corrected chi connectivity index (χ0v) is 81.6. The number of amides is 1. The molecule has 0 saturated heterocycles. The molecule has 5 N–H and O–H groups in total. The van der Waals surface area contributed by atoms with Crippen LogP contribution >= 0.6 is 59.4 Å². The van der Waals surface area contributed by atoms with Crippen LogP contribution in [0.3, 0.4) is 0 Å². The van der Waals surface area contributed by atoms with Gasteiger partial charge in [-0.1, -0.05) is 137 Å². The Kier molecular flexibility index (Phi) is 35.3. The van der Waals surface area contributed by atoms with Gasteiger partial charge < -0.3 is 52.9 Å². The second-order valence-electron chi connectivity index (χ2n) is 35.1. The lowest BCUT2D eigenvalue weighted by atomic mass is 9.90. The number of nitriles is 3. The summed E-state index contributed by atoms with van der Waals surface area (Å²) in [6.45, 7) is 2.32. The predicted octanol–water partition coefficient (Wildman–Crippen LogP) is 23.7. The summed E-state index contributed by atoms with van der Waals surface area (Å²) in [4.78, 5) is 91.7. The highest BCUT2D eigenvalue weighted by Crippen LogP contribution is 2.46. The van der Waals surface area contributed by atoms with E-state index in [0.717, 1.165) is 216 Å². The molecule has 0 aliphatic heterocycles. The molecule has 15 heterocycles. The van der Waals surface area contributed by atoms with E-state index in [-0.39, 0.29) is 39.7 Å². The fraction of sp³-hybridized carbons (Fsp3) is 0.381. The van der Waals surface area contributed by atoms with Crippen molar-refractivity contribution in [1.29, 1.82) is 15.8 Å². The van der Waals surface area contributed by atoms with E-state index in [1.54, 1.807) is 43.4 Å². The van der Waals surface area contributed by atoms with Gasteiger partial charge in [-0.2, -0.15) is 15.8 Å². The number of carbonyl (C=O) groups is 5. The molecule has 6 aliphatic carbocycles. The van der Waals surface area contributed by atoms with Crippen LogP contribution in [-0.4, -0.2) is 127 Å². The van der Waals surface area contributed by atoms with Crippen LogP contribution in [0.2, 0.25) is 0 Å². The Morgan fingerprint density at radius 1 is 0.407 bits per heavy atom. The van der Waals surface area contributed by atoms with Crippen LogP contribution in [0.5, 0.6) is 0 Å². The quantitative estimate of drug-likeness (QED) is 0.0352. The zero-order chi connectivity index (χ0) is 95.3. The van der Waals surface area contributed by atoms with E-state index in [9.17, 15) is 39.4 Å². The molecular formula is C105H115Br3ClN19O7. The zero-order valence-electron chi connectivity index (χ0n) is 76.1. The number of nitrogens with zero attached hydrogens (tertiary/aromatic N) is 17. The minimum absolute atomic E-state index is 0.151. The number of hydrogen-bond acceptors (Lipinski definition) is 15. The maximum absolute atomic E-state index is 12.4. The third-order valence-corrected chi connectivity index (χ3v) is 28.7. The number of fused-ring (bicyclic) bond motifs is 8. The van der Waals surface area contributed by atoms with Crippen LogP contribution in [0.15, 0.2) is 251 Å². The Labute approximate surface area is 815 Å². The Bertz CT molecular complexity index is 6520. The van der Waals surface area contributed by atoms with Gasteiger partial charge >= 0.3 is 11.9 Å². The van der Waals surface area contributed by atoms with Gasteiger partial charge in [0.2, 0.25) is 11.1 Å². The van der Waals surface area contributed by atoms with E-state index in [1.807, 2.05) is 191 Å². The summed E-state index contributed by atoms with van der Waals surface area (Å²) in [6, 6.07) is 58.3. The van der Waals surface area contributed by atoms with Gasteiger partial charge in [0.15, 0.2) is 5.78 Å². The maximum atomic E-state index is 12.4. The molecule has 16 aromatic rings. The van der Waals surface area contributed by atoms with Crippen molar-refractivity contribution in [2.24, 2.45) is 5.73 Å². The number of Topliss-reactive ketones (excluding diaryl/α,β-unsaturated/α-hetero) is 1. The number of ketones is 1. The highest BCUT2D eigenvalue weighted by atomic mass is 79.9. The summed E-state index contributed by atoms with van der Waals surface area (Å²) in [5.74, 6) is -1.34. The molecule has 0 radical (unpaired) electrons. The number of alkyl halides is 3. The highest BCUT2D eigenvalue weighted by molar-refractivity contribution is 9.09. The molecule has 0 atom stereocenters. The number of aromatic nitrogens is 15. The molecule has 15 aromatic heterocycles. The second kappa shape index (κ2) is 47.6. The van der Waals surface area contributed by atoms with Crippen LogP contribution in [0.4, 0.5) is 0 Å². The second-order valence-corrected chi connectivity index (χ2v) is 37.6. The first-order valence-electron chi connectivity index (χ1n) is 46.5. The molecule has 1 aromatic carbocycles. The first-order chi connectivity index (χ1) is 65.7. The van der Waals surface area contributed by atoms with Gasteiger partial charge in [0, 0.05) is 160 Å². The van der Waals surface area contributed by atoms with Crippen molar-refractivity contribution in [3.05, 3.63) is 251 Å². The van der Waals surface area contributed by atoms with Gasteiger partial charge in [-0.15, -0.1) is 0 Å². The minimum Gasteiger partial charge on any atom is -0.481 e. The van der Waals surface area contributed by atoms with E-state index in [4.69, 9.17) is 27.9 Å². The van der Waals surface area contributed by atoms with Gasteiger partial charge in [-0.05, 0) is 259 Å². The van der Waals surface area contributed by atoms with Gasteiger partial charge in [0.05, 0.1) is 41.0 Å². The number of rotatable bonds is 18. The fourth-order valence-electron chi connectivity index (χ4n) is 20.4. The van der Waals surface area contributed by atoms with Crippen molar-refractivity contribution in [2.75, 3.05) is 16.0 Å². The Morgan fingerprint density at radius 2 is 0.756 bits per heavy atom. The number of aromatic amines is 1. The number of H-pyrrole nitrogens is 1. The van der Waals surface area contributed by atoms with Crippen LogP contribution in [0.25, 0.3) is 88.1 Å². The third-order valence-electron chi connectivity index (χ3n) is 27.0. The number of pyridine rings is 7. The predicted molar refractivity (Wildman–Crippen MR) is 542 cm³/mol. The number of carboxylic acids is 2. The first-order valence-corrected chi connectivity index (χ1v) is 50.3. The van der Waals surface area contributed by atoms with Crippen molar-refractivity contribution < 1.29 is 34.2 Å². The van der Waals surface area contributed by atoms with Crippen LogP contribution in [0.1, 0.15) is 193 Å². The number of carboxylic acid groups (broad SMARTS) is 2. The highest BCUT2D eigenvalue weighted by Gasteiger charge is 2.47. The van der Waals surface area contributed by atoms with Crippen LogP contribution in [0, 0.1) is 34.0 Å². The lowest BCUT2D eigenvalue weighted by Gasteiger charge is -2.30. The van der Waals surface area contributed by atoms with Crippen LogP contribution < -0.4 is 5.73 Å². The van der Waals surface area contributed by atoms with Crippen molar-refractivity contribution in [2.45, 2.75) is 233 Å². The normalized spacial score (nSPS) is 16.3. The summed E-state index contributed by atoms with van der Waals surface area (Å²) < 4.78 is 14.2. The minimum atomic E-state index is -0.782. The number of hydrogen-bond donors (Lipinski definition) is 4. The molecular weight excluding hydrogens is 1910 g/mol. The van der Waals surface area contributed by atoms with Crippen molar-refractivity contribution >= 4 is 176 Å². The fourth-order valence-corrected chi connectivity index (χ4v) is 21.5. The van der Waals surface area contributed by atoms with E-state index in [1.165, 1.54) is 36.6 Å². The summed E-state index contributed by atoms with van der Waals surface area (Å²) in [6.07, 6.45) is 55.7. The largest absolute Gasteiger partial charge is 0.481 e. The molecule has 1 amide bonds. The van der Waals surface area contributed by atoms with Gasteiger partial charge in [0.25, 0.3) is 0 Å².